The second-order valence-corrected chi connectivity index (χ2v) is 12.1. The molecule has 9 rings (SSSR count). The van der Waals surface area contributed by atoms with Gasteiger partial charge >= 0.3 is 0 Å². The third-order valence-electron chi connectivity index (χ3n) is 9.26. The Morgan fingerprint density at radius 1 is 0.333 bits per heavy atom. The zero-order valence-electron chi connectivity index (χ0n) is 26.3. The third kappa shape index (κ3) is 4.83. The lowest BCUT2D eigenvalue weighted by Crippen LogP contribution is -2.11. The van der Waals surface area contributed by atoms with Crippen molar-refractivity contribution in [1.82, 2.24) is 0 Å². The largest absolute Gasteiger partial charge is 0.456 e. The molecule has 8 aromatic rings. The van der Waals surface area contributed by atoms with E-state index in [1.54, 1.807) is 0 Å². The average Bonchev–Trinajstić information content (AvgIpc) is 3.31. The fourth-order valence-electron chi connectivity index (χ4n) is 7.03. The molecule has 48 heavy (non-hydrogen) atoms. The molecule has 0 aliphatic carbocycles. The van der Waals surface area contributed by atoms with Crippen molar-refractivity contribution >= 4 is 27.8 Å². The maximum Gasteiger partial charge on any atom is 0.137 e. The highest BCUT2D eigenvalue weighted by Gasteiger charge is 2.28. The van der Waals surface area contributed by atoms with Crippen molar-refractivity contribution in [2.24, 2.45) is 0 Å². The second-order valence-electron chi connectivity index (χ2n) is 12.1. The molecule has 0 unspecified atom stereocenters. The van der Waals surface area contributed by atoms with E-state index < -0.39 is 0 Å². The monoisotopic (exact) mass is 613 g/mol. The fraction of sp³-hybridized carbons (Fsp3) is 0. The summed E-state index contributed by atoms with van der Waals surface area (Å²) in [7, 11) is 0. The number of fused-ring (bicyclic) bond motifs is 6. The molecule has 0 amide bonds. The zero-order valence-corrected chi connectivity index (χ0v) is 26.3. The van der Waals surface area contributed by atoms with Crippen molar-refractivity contribution in [1.29, 1.82) is 0 Å². The molecule has 0 fully saturated rings. The highest BCUT2D eigenvalue weighted by molar-refractivity contribution is 6.04. The molecule has 1 heterocycles. The Hall–Kier alpha value is -6.38. The molecule has 1 aliphatic rings. The first kappa shape index (κ1) is 27.9. The van der Waals surface area contributed by atoms with Gasteiger partial charge in [-0.25, -0.2) is 0 Å². The van der Waals surface area contributed by atoms with Crippen molar-refractivity contribution in [2.75, 3.05) is 4.90 Å². The number of rotatable bonds is 5. The molecule has 0 saturated carbocycles. The molecule has 0 spiro atoms. The van der Waals surface area contributed by atoms with E-state index in [0.717, 1.165) is 45.3 Å². The van der Waals surface area contributed by atoms with Crippen LogP contribution in [0.1, 0.15) is 0 Å². The van der Waals surface area contributed by atoms with Gasteiger partial charge in [-0.2, -0.15) is 0 Å². The summed E-state index contributed by atoms with van der Waals surface area (Å²) in [6.45, 7) is 0. The smallest absolute Gasteiger partial charge is 0.137 e. The van der Waals surface area contributed by atoms with E-state index in [-0.39, 0.29) is 0 Å². The minimum absolute atomic E-state index is 0.829. The minimum atomic E-state index is 0.829. The summed E-state index contributed by atoms with van der Waals surface area (Å²) in [5, 5.41) is 2.41. The van der Waals surface area contributed by atoms with Crippen molar-refractivity contribution < 1.29 is 4.74 Å². The predicted octanol–water partition coefficient (Wildman–Crippen LogP) is 13.1. The Labute approximate surface area is 280 Å². The van der Waals surface area contributed by atoms with Gasteiger partial charge in [-0.3, -0.25) is 0 Å². The summed E-state index contributed by atoms with van der Waals surface area (Å²) < 4.78 is 6.86. The first-order valence-electron chi connectivity index (χ1n) is 16.4. The van der Waals surface area contributed by atoms with Gasteiger partial charge < -0.3 is 9.64 Å². The number of nitrogens with zero attached hydrogens (tertiary/aromatic N) is 1. The lowest BCUT2D eigenvalue weighted by atomic mass is 9.87. The van der Waals surface area contributed by atoms with Crippen LogP contribution in [0.25, 0.3) is 55.3 Å². The molecule has 8 aromatic carbocycles. The predicted molar refractivity (Wildman–Crippen MR) is 200 cm³/mol. The van der Waals surface area contributed by atoms with E-state index in [4.69, 9.17) is 4.74 Å². The van der Waals surface area contributed by atoms with Crippen molar-refractivity contribution in [3.8, 4) is 56.0 Å². The van der Waals surface area contributed by atoms with Gasteiger partial charge in [0.05, 0.1) is 5.69 Å². The summed E-state index contributed by atoms with van der Waals surface area (Å²) in [6, 6.07) is 66.8. The van der Waals surface area contributed by atoms with Crippen LogP contribution in [0.5, 0.6) is 11.5 Å². The first-order valence-corrected chi connectivity index (χ1v) is 16.4. The van der Waals surface area contributed by atoms with Crippen LogP contribution in [-0.2, 0) is 0 Å². The summed E-state index contributed by atoms with van der Waals surface area (Å²) in [6.07, 6.45) is 0. The van der Waals surface area contributed by atoms with E-state index in [9.17, 15) is 0 Å². The summed E-state index contributed by atoms with van der Waals surface area (Å²) in [5.41, 5.74) is 12.4. The van der Waals surface area contributed by atoms with E-state index in [1.165, 1.54) is 38.6 Å². The summed E-state index contributed by atoms with van der Waals surface area (Å²) >= 11 is 0. The highest BCUT2D eigenvalue weighted by Crippen LogP contribution is 2.54. The number of anilines is 3. The Balaban J connectivity index is 1.31. The standard InChI is InChI=1S/C46H31NO/c1-3-13-32(14-4-1)34-25-28-37(29-26-34)47(38-30-27-33-15-7-8-18-36(33)31-38)42-22-12-24-44-46(42)41-21-11-20-39(35-16-5-2-6-17-35)45(41)40-19-9-10-23-43(40)48-44/h1-31H. The molecule has 0 bridgehead atoms. The van der Waals surface area contributed by atoms with Gasteiger partial charge in [-0.05, 0) is 81.1 Å². The molecule has 0 aromatic heterocycles. The first-order chi connectivity index (χ1) is 23.8. The van der Waals surface area contributed by atoms with Crippen LogP contribution in [0.3, 0.4) is 0 Å². The molecule has 0 N–H and O–H groups in total. The normalized spacial score (nSPS) is 11.5. The van der Waals surface area contributed by atoms with E-state index in [1.807, 2.05) is 6.07 Å². The lowest BCUT2D eigenvalue weighted by Gasteiger charge is -2.29. The second kappa shape index (κ2) is 11.8. The van der Waals surface area contributed by atoms with E-state index >= 15 is 0 Å². The van der Waals surface area contributed by atoms with Crippen LogP contribution in [0, 0.1) is 0 Å². The van der Waals surface area contributed by atoms with Crippen LogP contribution in [0.15, 0.2) is 188 Å². The van der Waals surface area contributed by atoms with Crippen LogP contribution in [0.4, 0.5) is 17.1 Å². The molecule has 0 saturated heterocycles. The molecular weight excluding hydrogens is 583 g/mol. The van der Waals surface area contributed by atoms with Gasteiger partial charge in [0.15, 0.2) is 0 Å². The molecule has 2 heteroatoms. The van der Waals surface area contributed by atoms with Gasteiger partial charge in [0, 0.05) is 28.1 Å². The Morgan fingerprint density at radius 3 is 1.73 bits per heavy atom. The third-order valence-corrected chi connectivity index (χ3v) is 9.26. The quantitative estimate of drug-likeness (QED) is 0.191. The van der Waals surface area contributed by atoms with Gasteiger partial charge in [-0.15, -0.1) is 0 Å². The van der Waals surface area contributed by atoms with Gasteiger partial charge in [0.1, 0.15) is 11.5 Å². The van der Waals surface area contributed by atoms with Gasteiger partial charge in [0.2, 0.25) is 0 Å². The average molecular weight is 614 g/mol. The Morgan fingerprint density at radius 2 is 0.917 bits per heavy atom. The van der Waals surface area contributed by atoms with Crippen LogP contribution in [0.2, 0.25) is 0 Å². The Bertz CT molecular complexity index is 2410. The zero-order chi connectivity index (χ0) is 31.9. The SMILES string of the molecule is c1ccc(-c2ccc(N(c3ccc4ccccc4c3)c3cccc4c3-c3cccc(-c5ccccc5)c3-c3ccccc3O4)cc2)cc1. The number of hydrogen-bond acceptors (Lipinski definition) is 2. The molecule has 1 aliphatic heterocycles. The number of hydrogen-bond donors (Lipinski definition) is 0. The van der Waals surface area contributed by atoms with E-state index in [0.29, 0.717) is 0 Å². The van der Waals surface area contributed by atoms with Gasteiger partial charge in [-0.1, -0.05) is 146 Å². The maximum absolute atomic E-state index is 6.86. The summed E-state index contributed by atoms with van der Waals surface area (Å²) in [4.78, 5) is 2.37. The molecule has 0 atom stereocenters. The highest BCUT2D eigenvalue weighted by atomic mass is 16.5. The van der Waals surface area contributed by atoms with Crippen LogP contribution in [-0.4, -0.2) is 0 Å². The van der Waals surface area contributed by atoms with E-state index in [2.05, 4.69) is 187 Å². The number of para-hydroxylation sites is 1. The van der Waals surface area contributed by atoms with Crippen LogP contribution < -0.4 is 9.64 Å². The molecule has 226 valence electrons. The van der Waals surface area contributed by atoms with Crippen molar-refractivity contribution in [3.63, 3.8) is 0 Å². The minimum Gasteiger partial charge on any atom is -0.456 e. The van der Waals surface area contributed by atoms with Crippen molar-refractivity contribution in [3.05, 3.63) is 188 Å². The number of ether oxygens (including phenoxy) is 1. The number of benzene rings is 8. The lowest BCUT2D eigenvalue weighted by molar-refractivity contribution is 0.488. The molecular formula is C46H31NO. The fourth-order valence-corrected chi connectivity index (χ4v) is 7.03. The maximum atomic E-state index is 6.86. The summed E-state index contributed by atoms with van der Waals surface area (Å²) in [5.74, 6) is 1.68. The topological polar surface area (TPSA) is 12.5 Å². The van der Waals surface area contributed by atoms with Gasteiger partial charge in [0.25, 0.3) is 0 Å². The molecule has 2 nitrogen and oxygen atoms in total. The van der Waals surface area contributed by atoms with Crippen molar-refractivity contribution in [2.45, 2.75) is 0 Å². The molecule has 0 radical (unpaired) electrons. The Kier molecular flexibility index (Phi) is 6.84. The van der Waals surface area contributed by atoms with Crippen LogP contribution >= 0.6 is 0 Å².